The Labute approximate surface area is 287 Å². The minimum atomic E-state index is -1.08. The number of methoxy groups -OCH3 is 1. The van der Waals surface area contributed by atoms with E-state index in [9.17, 15) is 24.3 Å². The first kappa shape index (κ1) is 38.5. The lowest BCUT2D eigenvalue weighted by atomic mass is 10.0. The SMILES string of the molecule is CCCCCCC(N[C@@H](CCc1ccccc1)C(=O)N[C@@H](CCCN=C(N)N)C(=O)N[C@@H](Cc1cc2ccccc2[nH]1)C(=O)OC)C(=O)O. The number of aryl methyl sites for hydroxylation is 1. The number of hydrogen-bond donors (Lipinski definition) is 7. The van der Waals surface area contributed by atoms with E-state index < -0.39 is 47.9 Å². The average molecular weight is 678 g/mol. The van der Waals surface area contributed by atoms with Crippen molar-refractivity contribution in [1.82, 2.24) is 20.9 Å². The van der Waals surface area contributed by atoms with Crippen LogP contribution in [0.1, 0.15) is 69.5 Å². The van der Waals surface area contributed by atoms with Crippen molar-refractivity contribution in [3.05, 3.63) is 71.9 Å². The number of carboxylic acid groups (broad SMARTS) is 1. The number of hydrogen-bond acceptors (Lipinski definition) is 7. The van der Waals surface area contributed by atoms with Crippen LogP contribution in [0.15, 0.2) is 65.7 Å². The largest absolute Gasteiger partial charge is 0.480 e. The van der Waals surface area contributed by atoms with Crippen LogP contribution in [-0.2, 0) is 36.8 Å². The highest BCUT2D eigenvalue weighted by Crippen LogP contribution is 2.17. The molecule has 2 amide bonds. The van der Waals surface area contributed by atoms with Crippen molar-refractivity contribution in [2.75, 3.05) is 13.7 Å². The van der Waals surface area contributed by atoms with Crippen LogP contribution in [0.2, 0.25) is 0 Å². The maximum atomic E-state index is 13.9. The molecular weight excluding hydrogens is 626 g/mol. The molecule has 1 unspecified atom stereocenters. The van der Waals surface area contributed by atoms with Crippen molar-refractivity contribution in [3.63, 3.8) is 0 Å². The van der Waals surface area contributed by atoms with Gasteiger partial charge >= 0.3 is 11.9 Å². The first-order valence-electron chi connectivity index (χ1n) is 16.9. The number of nitrogens with two attached hydrogens (primary N) is 2. The number of unbranched alkanes of at least 4 members (excludes halogenated alkanes) is 3. The lowest BCUT2D eigenvalue weighted by molar-refractivity contribution is -0.145. The van der Waals surface area contributed by atoms with Gasteiger partial charge in [0.25, 0.3) is 0 Å². The molecule has 0 spiro atoms. The molecule has 0 aliphatic heterocycles. The summed E-state index contributed by atoms with van der Waals surface area (Å²) in [5, 5.41) is 19.6. The van der Waals surface area contributed by atoms with Gasteiger partial charge in [-0.2, -0.15) is 0 Å². The summed E-state index contributed by atoms with van der Waals surface area (Å²) in [6.07, 6.45) is 5.38. The number of ether oxygens (including phenoxy) is 1. The van der Waals surface area contributed by atoms with Crippen molar-refractivity contribution >= 4 is 40.6 Å². The molecule has 4 atom stereocenters. The Balaban J connectivity index is 1.82. The highest BCUT2D eigenvalue weighted by molar-refractivity contribution is 5.92. The summed E-state index contributed by atoms with van der Waals surface area (Å²) in [6, 6.07) is 15.1. The molecule has 1 heterocycles. The molecule has 0 aliphatic carbocycles. The van der Waals surface area contributed by atoms with E-state index in [1.165, 1.54) is 7.11 Å². The number of H-pyrrole nitrogens is 1. The summed E-state index contributed by atoms with van der Waals surface area (Å²) in [5.74, 6) is -2.91. The Hall–Kier alpha value is -4.91. The molecule has 3 rings (SSSR count). The number of carboxylic acids is 1. The van der Waals surface area contributed by atoms with Gasteiger partial charge in [0.1, 0.15) is 18.1 Å². The van der Waals surface area contributed by atoms with Gasteiger partial charge in [0.2, 0.25) is 11.8 Å². The molecule has 0 saturated heterocycles. The third-order valence-electron chi connectivity index (χ3n) is 8.32. The molecule has 0 saturated carbocycles. The second kappa shape index (κ2) is 20.5. The van der Waals surface area contributed by atoms with Crippen molar-refractivity contribution in [2.24, 2.45) is 16.5 Å². The fourth-order valence-corrected chi connectivity index (χ4v) is 5.66. The number of aromatic amines is 1. The highest BCUT2D eigenvalue weighted by Gasteiger charge is 2.31. The number of aromatic nitrogens is 1. The smallest absolute Gasteiger partial charge is 0.328 e. The maximum absolute atomic E-state index is 13.9. The molecule has 266 valence electrons. The van der Waals surface area contributed by atoms with Gasteiger partial charge in [-0.25, -0.2) is 4.79 Å². The van der Waals surface area contributed by atoms with Gasteiger partial charge in [0.05, 0.1) is 13.2 Å². The number of esters is 1. The Morgan fingerprint density at radius 2 is 1.51 bits per heavy atom. The van der Waals surface area contributed by atoms with Gasteiger partial charge in [-0.3, -0.25) is 24.7 Å². The fraction of sp³-hybridized carbons (Fsp3) is 0.472. The molecule has 9 N–H and O–H groups in total. The van der Waals surface area contributed by atoms with E-state index in [-0.39, 0.29) is 25.3 Å². The number of rotatable bonds is 22. The van der Waals surface area contributed by atoms with Crippen LogP contribution in [0.3, 0.4) is 0 Å². The standard InChI is InChI=1S/C36H51N7O6/c1-3-4-5-9-17-30(34(46)47)41-29(20-19-24-13-7-6-8-14-24)33(45)42-28(18-12-21-39-36(37)38)32(44)43-31(35(48)49-2)23-26-22-25-15-10-11-16-27(25)40-26/h6-8,10-11,13-16,22,28-31,40-41H,3-5,9,12,17-21,23H2,1-2H3,(H,42,45)(H,43,44)(H,46,47)(H4,37,38,39)/t28-,29-,30?,31-/m0/s1. The number of guanidine groups is 1. The zero-order valence-electron chi connectivity index (χ0n) is 28.5. The molecule has 1 aromatic heterocycles. The quantitative estimate of drug-likeness (QED) is 0.0360. The van der Waals surface area contributed by atoms with E-state index in [2.05, 4.69) is 32.9 Å². The summed E-state index contributed by atoms with van der Waals surface area (Å²) in [7, 11) is 1.24. The van der Waals surface area contributed by atoms with Crippen LogP contribution in [0.5, 0.6) is 0 Å². The summed E-state index contributed by atoms with van der Waals surface area (Å²) >= 11 is 0. The van der Waals surface area contributed by atoms with Gasteiger partial charge in [0.15, 0.2) is 5.96 Å². The minimum Gasteiger partial charge on any atom is -0.480 e. The Morgan fingerprint density at radius 1 is 0.837 bits per heavy atom. The molecule has 49 heavy (non-hydrogen) atoms. The lowest BCUT2D eigenvalue weighted by Gasteiger charge is -2.27. The maximum Gasteiger partial charge on any atom is 0.328 e. The number of carbonyl (C=O) groups excluding carboxylic acids is 3. The third-order valence-corrected chi connectivity index (χ3v) is 8.32. The van der Waals surface area contributed by atoms with Gasteiger partial charge in [-0.05, 0) is 55.2 Å². The second-order valence-electron chi connectivity index (χ2n) is 12.2. The van der Waals surface area contributed by atoms with Crippen LogP contribution in [0, 0.1) is 0 Å². The summed E-state index contributed by atoms with van der Waals surface area (Å²) < 4.78 is 5.00. The Kier molecular flexibility index (Phi) is 16.1. The third kappa shape index (κ3) is 13.3. The molecule has 0 aliphatic rings. The molecule has 0 radical (unpaired) electrons. The first-order valence-corrected chi connectivity index (χ1v) is 16.9. The van der Waals surface area contributed by atoms with Gasteiger partial charge < -0.3 is 36.9 Å². The topological polar surface area (TPSA) is 214 Å². The number of benzene rings is 2. The first-order chi connectivity index (χ1) is 23.6. The number of nitrogens with one attached hydrogen (secondary N) is 4. The van der Waals surface area contributed by atoms with E-state index in [1.807, 2.05) is 60.7 Å². The van der Waals surface area contributed by atoms with E-state index in [0.29, 0.717) is 37.8 Å². The number of nitrogens with zero attached hydrogens (tertiary/aromatic N) is 1. The van der Waals surface area contributed by atoms with Crippen molar-refractivity contribution in [1.29, 1.82) is 0 Å². The fourth-order valence-electron chi connectivity index (χ4n) is 5.66. The van der Waals surface area contributed by atoms with Gasteiger partial charge in [0, 0.05) is 24.2 Å². The van der Waals surface area contributed by atoms with E-state index in [4.69, 9.17) is 16.2 Å². The molecule has 0 fully saturated rings. The average Bonchev–Trinajstić information content (AvgIpc) is 3.50. The molecule has 2 aromatic carbocycles. The zero-order valence-corrected chi connectivity index (χ0v) is 28.5. The summed E-state index contributed by atoms with van der Waals surface area (Å²) in [5.41, 5.74) is 13.5. The molecule has 13 heteroatoms. The number of amides is 2. The van der Waals surface area contributed by atoms with Crippen molar-refractivity contribution < 1.29 is 29.0 Å². The Bertz CT molecular complexity index is 1490. The van der Waals surface area contributed by atoms with Gasteiger partial charge in [-0.15, -0.1) is 0 Å². The molecular formula is C36H51N7O6. The van der Waals surface area contributed by atoms with Crippen molar-refractivity contribution in [2.45, 2.75) is 95.3 Å². The highest BCUT2D eigenvalue weighted by atomic mass is 16.5. The number of aliphatic imine (C=N–C) groups is 1. The predicted molar refractivity (Wildman–Crippen MR) is 190 cm³/mol. The number of para-hydroxylation sites is 1. The molecule has 13 nitrogen and oxygen atoms in total. The van der Waals surface area contributed by atoms with E-state index in [1.54, 1.807) is 0 Å². The van der Waals surface area contributed by atoms with Crippen LogP contribution in [-0.4, -0.2) is 77.6 Å². The minimum absolute atomic E-state index is 0.0991. The monoisotopic (exact) mass is 677 g/mol. The van der Waals surface area contributed by atoms with E-state index in [0.717, 1.165) is 35.7 Å². The normalized spacial score (nSPS) is 13.5. The van der Waals surface area contributed by atoms with Crippen LogP contribution in [0.4, 0.5) is 0 Å². The summed E-state index contributed by atoms with van der Waals surface area (Å²) in [4.78, 5) is 60.0. The van der Waals surface area contributed by atoms with E-state index >= 15 is 0 Å². The number of carbonyl (C=O) groups is 4. The summed E-state index contributed by atoms with van der Waals surface area (Å²) in [6.45, 7) is 2.29. The number of aliphatic carboxylic acids is 1. The van der Waals surface area contributed by atoms with Crippen LogP contribution < -0.4 is 27.4 Å². The van der Waals surface area contributed by atoms with Gasteiger partial charge in [-0.1, -0.05) is 81.1 Å². The zero-order chi connectivity index (χ0) is 35.6. The lowest BCUT2D eigenvalue weighted by Crippen LogP contribution is -2.57. The second-order valence-corrected chi connectivity index (χ2v) is 12.2. The van der Waals surface area contributed by atoms with Crippen LogP contribution in [0.25, 0.3) is 10.9 Å². The predicted octanol–water partition coefficient (Wildman–Crippen LogP) is 2.92. The van der Waals surface area contributed by atoms with Crippen molar-refractivity contribution in [3.8, 4) is 0 Å². The Morgan fingerprint density at radius 3 is 2.18 bits per heavy atom. The molecule has 3 aromatic rings. The van der Waals surface area contributed by atoms with Crippen LogP contribution >= 0.6 is 0 Å². The molecule has 0 bridgehead atoms. The number of fused-ring (bicyclic) bond motifs is 1.